The molecule has 7 nitrogen and oxygen atoms in total. The molecule has 1 aliphatic heterocycles. The maximum absolute atomic E-state index is 14.8. The number of anilines is 1. The maximum atomic E-state index is 14.8. The molecule has 0 amide bonds. The highest BCUT2D eigenvalue weighted by Crippen LogP contribution is 2.36. The van der Waals surface area contributed by atoms with Gasteiger partial charge in [-0.3, -0.25) is 4.98 Å². The molecule has 2 N–H and O–H groups in total. The fourth-order valence-corrected chi connectivity index (χ4v) is 3.77. The first-order chi connectivity index (χ1) is 16.3. The largest absolute Gasteiger partial charge is 0.494 e. The third-order valence-corrected chi connectivity index (χ3v) is 5.45. The molecule has 1 aromatic carbocycles. The van der Waals surface area contributed by atoms with Gasteiger partial charge in [0.15, 0.2) is 11.6 Å². The number of rotatable bonds is 8. The molecule has 0 saturated carbocycles. The fourth-order valence-electron chi connectivity index (χ4n) is 3.77. The average Bonchev–Trinajstić information content (AvgIpc) is 3.28. The van der Waals surface area contributed by atoms with E-state index in [0.717, 1.165) is 12.1 Å². The Morgan fingerprint density at radius 3 is 2.94 bits per heavy atom. The van der Waals surface area contributed by atoms with Gasteiger partial charge >= 0.3 is 0 Å². The minimum absolute atomic E-state index is 0.0773. The van der Waals surface area contributed by atoms with Gasteiger partial charge in [0.2, 0.25) is 0 Å². The zero-order chi connectivity index (χ0) is 24.3. The molecule has 1 fully saturated rings. The molecule has 3 aromatic rings. The first-order valence-corrected chi connectivity index (χ1v) is 10.2. The number of ether oxygens (including phenoxy) is 2. The number of aliphatic hydroxyl groups excluding tert-OH is 1. The minimum atomic E-state index is -2.79. The molecule has 31 heavy (non-hydrogen) atoms. The molecule has 8 heteroatoms. The van der Waals surface area contributed by atoms with E-state index in [4.69, 9.17) is 13.6 Å². The summed E-state index contributed by atoms with van der Waals surface area (Å²) >= 11 is 0. The Morgan fingerprint density at radius 2 is 2.23 bits per heavy atom. The van der Waals surface area contributed by atoms with Crippen molar-refractivity contribution in [2.45, 2.75) is 6.42 Å². The summed E-state index contributed by atoms with van der Waals surface area (Å²) in [5.41, 5.74) is 2.26. The summed E-state index contributed by atoms with van der Waals surface area (Å²) in [5.74, 6) is -0.417. The predicted molar refractivity (Wildman–Crippen MR) is 118 cm³/mol. The highest BCUT2D eigenvalue weighted by molar-refractivity contribution is 5.95. The van der Waals surface area contributed by atoms with Crippen LogP contribution in [0, 0.1) is 11.7 Å². The average molecular weight is 430 g/mol. The van der Waals surface area contributed by atoms with Gasteiger partial charge in [0.05, 0.1) is 34.3 Å². The third kappa shape index (κ3) is 4.55. The molecule has 0 bridgehead atoms. The molecular formula is C23H27FN4O3. The highest BCUT2D eigenvalue weighted by Gasteiger charge is 2.25. The van der Waals surface area contributed by atoms with Crippen LogP contribution in [0.5, 0.6) is 11.5 Å². The van der Waals surface area contributed by atoms with Crippen molar-refractivity contribution < 1.29 is 23.1 Å². The number of aliphatic hydroxyl groups is 1. The van der Waals surface area contributed by atoms with Crippen molar-refractivity contribution in [2.24, 2.45) is 5.92 Å². The summed E-state index contributed by atoms with van der Waals surface area (Å²) in [4.78, 5) is 11.2. The summed E-state index contributed by atoms with van der Waals surface area (Å²) in [5, 5.41) is 13.1. The van der Waals surface area contributed by atoms with Crippen molar-refractivity contribution in [2.75, 3.05) is 51.8 Å². The van der Waals surface area contributed by atoms with Crippen molar-refractivity contribution in [3.63, 3.8) is 0 Å². The number of halogens is 1. The Balaban J connectivity index is 1.76. The second-order valence-corrected chi connectivity index (χ2v) is 7.54. The number of nitrogens with one attached hydrogen (secondary N) is 1. The lowest BCUT2D eigenvalue weighted by Crippen LogP contribution is -2.21. The van der Waals surface area contributed by atoms with E-state index in [-0.39, 0.29) is 18.3 Å². The van der Waals surface area contributed by atoms with Crippen LogP contribution in [0.25, 0.3) is 22.3 Å². The second kappa shape index (κ2) is 9.45. The van der Waals surface area contributed by atoms with Crippen LogP contribution in [0.3, 0.4) is 0 Å². The van der Waals surface area contributed by atoms with Crippen LogP contribution in [0.4, 0.5) is 10.1 Å². The lowest BCUT2D eigenvalue weighted by molar-refractivity contribution is 0.238. The molecule has 1 aliphatic rings. The van der Waals surface area contributed by atoms with Gasteiger partial charge in [0, 0.05) is 49.3 Å². The first-order valence-electron chi connectivity index (χ1n) is 11.7. The minimum Gasteiger partial charge on any atom is -0.494 e. The van der Waals surface area contributed by atoms with Crippen molar-refractivity contribution in [1.29, 1.82) is 0 Å². The quantitative estimate of drug-likeness (QED) is 0.533. The van der Waals surface area contributed by atoms with Crippen LogP contribution in [0.15, 0.2) is 36.5 Å². The number of benzene rings is 1. The Bertz CT molecular complexity index is 1140. The van der Waals surface area contributed by atoms with E-state index in [2.05, 4.69) is 20.2 Å². The van der Waals surface area contributed by atoms with Crippen molar-refractivity contribution >= 4 is 16.6 Å². The number of fused-ring (bicyclic) bond motifs is 1. The monoisotopic (exact) mass is 429 g/mol. The van der Waals surface area contributed by atoms with Gasteiger partial charge in [-0.1, -0.05) is 0 Å². The van der Waals surface area contributed by atoms with Crippen LogP contribution < -0.4 is 19.7 Å². The van der Waals surface area contributed by atoms with E-state index in [1.54, 1.807) is 18.3 Å². The summed E-state index contributed by atoms with van der Waals surface area (Å²) < 4.78 is 47.2. The van der Waals surface area contributed by atoms with Gasteiger partial charge in [-0.15, -0.1) is 0 Å². The number of likely N-dealkylation sites (N-methyl/N-ethyl adjacent to an activating group) is 1. The van der Waals surface area contributed by atoms with Crippen molar-refractivity contribution in [3.05, 3.63) is 42.3 Å². The lowest BCUT2D eigenvalue weighted by atomic mass is 10.1. The van der Waals surface area contributed by atoms with E-state index in [1.807, 2.05) is 13.1 Å². The molecule has 0 radical (unpaired) electrons. The summed E-state index contributed by atoms with van der Waals surface area (Å²) in [6.07, 6.45) is 2.43. The standard InChI is InChI=1S/C23H27FN4O3/c1-25-6-8-31-16-3-4-19(26-12-16)21-10-22(28-7-5-15(13-28)14-29)17-9-18(24)23(30-2)11-20(17)27-21/h3-4,9-12,15,25,29H,5-8,13-14H2,1-2H3/i2D3. The number of nitrogens with zero attached hydrogens (tertiary/aromatic N) is 3. The van der Waals surface area contributed by atoms with Crippen LogP contribution in [-0.2, 0) is 0 Å². The van der Waals surface area contributed by atoms with Crippen LogP contribution in [0.1, 0.15) is 10.5 Å². The zero-order valence-electron chi connectivity index (χ0n) is 20.3. The van der Waals surface area contributed by atoms with E-state index < -0.39 is 12.9 Å². The van der Waals surface area contributed by atoms with Crippen molar-refractivity contribution in [3.8, 4) is 22.9 Å². The van der Waals surface area contributed by atoms with E-state index >= 15 is 0 Å². The zero-order valence-corrected chi connectivity index (χ0v) is 17.3. The third-order valence-electron chi connectivity index (χ3n) is 5.45. The number of pyridine rings is 2. The van der Waals surface area contributed by atoms with E-state index in [1.165, 1.54) is 12.1 Å². The van der Waals surface area contributed by atoms with Crippen molar-refractivity contribution in [1.82, 2.24) is 15.3 Å². The molecule has 4 rings (SSSR count). The molecule has 1 atom stereocenters. The number of methoxy groups -OCH3 is 1. The van der Waals surface area contributed by atoms with Gasteiger partial charge in [-0.25, -0.2) is 9.37 Å². The Morgan fingerprint density at radius 1 is 1.32 bits per heavy atom. The molecule has 0 aliphatic carbocycles. The summed E-state index contributed by atoms with van der Waals surface area (Å²) in [7, 11) is -0.944. The van der Waals surface area contributed by atoms with Crippen LogP contribution >= 0.6 is 0 Å². The molecule has 2 aromatic heterocycles. The molecule has 1 unspecified atom stereocenters. The Kier molecular flexibility index (Phi) is 5.39. The molecule has 0 spiro atoms. The van der Waals surface area contributed by atoms with Gasteiger partial charge in [-0.2, -0.15) is 0 Å². The smallest absolute Gasteiger partial charge is 0.165 e. The predicted octanol–water partition coefficient (Wildman–Crippen LogP) is 2.86. The summed E-state index contributed by atoms with van der Waals surface area (Å²) in [6.45, 7) is 2.61. The SMILES string of the molecule is [2H]C([2H])([2H])Oc1cc2nc(-c3ccc(OCCNC)cn3)cc(N3CCC(CO)C3)c2cc1F. The summed E-state index contributed by atoms with van der Waals surface area (Å²) in [6, 6.07) is 7.99. The van der Waals surface area contributed by atoms with Gasteiger partial charge < -0.3 is 24.8 Å². The second-order valence-electron chi connectivity index (χ2n) is 7.54. The lowest BCUT2D eigenvalue weighted by Gasteiger charge is -2.22. The first kappa shape index (κ1) is 17.7. The Hall–Kier alpha value is -2.97. The molecular weight excluding hydrogens is 399 g/mol. The topological polar surface area (TPSA) is 79.7 Å². The van der Waals surface area contributed by atoms with Crippen LogP contribution in [0.2, 0.25) is 0 Å². The maximum Gasteiger partial charge on any atom is 0.165 e. The normalized spacial score (nSPS) is 18.0. The van der Waals surface area contributed by atoms with E-state index in [0.29, 0.717) is 54.3 Å². The Labute approximate surface area is 185 Å². The number of hydrogen-bond donors (Lipinski definition) is 2. The fraction of sp³-hybridized carbons (Fsp3) is 0.391. The molecule has 164 valence electrons. The van der Waals surface area contributed by atoms with Gasteiger partial charge in [-0.05, 0) is 37.7 Å². The number of aromatic nitrogens is 2. The highest BCUT2D eigenvalue weighted by atomic mass is 19.1. The van der Waals surface area contributed by atoms with Crippen LogP contribution in [-0.4, -0.2) is 62.0 Å². The molecule has 1 saturated heterocycles. The number of hydrogen-bond acceptors (Lipinski definition) is 7. The molecule has 3 heterocycles. The van der Waals surface area contributed by atoms with E-state index in [9.17, 15) is 9.50 Å². The van der Waals surface area contributed by atoms with Gasteiger partial charge in [0.25, 0.3) is 0 Å². The van der Waals surface area contributed by atoms with Gasteiger partial charge in [0.1, 0.15) is 12.4 Å².